The molecule has 2 aromatic rings. The Hall–Kier alpha value is -2.45. The summed E-state index contributed by atoms with van der Waals surface area (Å²) in [6.07, 6.45) is 0.484. The first-order chi connectivity index (χ1) is 11.3. The maximum Gasteiger partial charge on any atom is 0.345 e. The van der Waals surface area contributed by atoms with Crippen LogP contribution in [-0.2, 0) is 13.0 Å². The van der Waals surface area contributed by atoms with Gasteiger partial charge in [-0.3, -0.25) is 4.79 Å². The number of aromatic carboxylic acids is 1. The Morgan fingerprint density at radius 2 is 2.00 bits per heavy atom. The molecule has 0 fully saturated rings. The SMILES string of the molecule is CC(C)Cc1nc(N)c(CO)c(-c2ccc(C(=O)O)s2)c1C(N)=O. The summed E-state index contributed by atoms with van der Waals surface area (Å²) < 4.78 is 0. The molecule has 0 aliphatic rings. The fraction of sp³-hybridized carbons (Fsp3) is 0.312. The van der Waals surface area contributed by atoms with Gasteiger partial charge in [0.2, 0.25) is 0 Å². The molecule has 6 N–H and O–H groups in total. The van der Waals surface area contributed by atoms with Gasteiger partial charge in [0.15, 0.2) is 0 Å². The van der Waals surface area contributed by atoms with Crippen molar-refractivity contribution >= 4 is 29.0 Å². The summed E-state index contributed by atoms with van der Waals surface area (Å²) in [6, 6.07) is 3.01. The third-order valence-electron chi connectivity index (χ3n) is 3.47. The number of carboxylic acids is 1. The normalized spacial score (nSPS) is 11.0. The number of carboxylic acid groups (broad SMARTS) is 1. The number of carbonyl (C=O) groups excluding carboxylic acids is 1. The number of amides is 1. The number of primary amides is 1. The number of hydrogen-bond acceptors (Lipinski definition) is 6. The molecule has 0 radical (unpaired) electrons. The minimum absolute atomic E-state index is 0.110. The molecule has 0 saturated carbocycles. The number of anilines is 1. The van der Waals surface area contributed by atoms with Crippen molar-refractivity contribution in [1.82, 2.24) is 4.98 Å². The molecule has 2 heterocycles. The quantitative estimate of drug-likeness (QED) is 0.628. The zero-order valence-electron chi connectivity index (χ0n) is 13.4. The highest BCUT2D eigenvalue weighted by molar-refractivity contribution is 7.17. The highest BCUT2D eigenvalue weighted by Gasteiger charge is 2.25. The van der Waals surface area contributed by atoms with Crippen LogP contribution in [0.15, 0.2) is 12.1 Å². The largest absolute Gasteiger partial charge is 0.477 e. The predicted molar refractivity (Wildman–Crippen MR) is 91.9 cm³/mol. The number of aromatic nitrogens is 1. The van der Waals surface area contributed by atoms with Gasteiger partial charge in [0.1, 0.15) is 10.7 Å². The number of nitrogen functional groups attached to an aromatic ring is 1. The molecule has 0 bridgehead atoms. The lowest BCUT2D eigenvalue weighted by molar-refractivity contribution is 0.0702. The summed E-state index contributed by atoms with van der Waals surface area (Å²) in [5.41, 5.74) is 12.8. The Balaban J connectivity index is 2.80. The molecular formula is C16H19N3O4S. The van der Waals surface area contributed by atoms with Gasteiger partial charge in [-0.05, 0) is 24.5 Å². The summed E-state index contributed by atoms with van der Waals surface area (Å²) in [5.74, 6) is -1.44. The van der Waals surface area contributed by atoms with E-state index in [0.29, 0.717) is 22.6 Å². The number of hydrogen-bond donors (Lipinski definition) is 4. The first-order valence-corrected chi connectivity index (χ1v) is 8.13. The van der Waals surface area contributed by atoms with Gasteiger partial charge >= 0.3 is 5.97 Å². The van der Waals surface area contributed by atoms with E-state index in [1.807, 2.05) is 13.8 Å². The van der Waals surface area contributed by atoms with Gasteiger partial charge in [0.05, 0.1) is 17.9 Å². The second kappa shape index (κ2) is 6.98. The minimum Gasteiger partial charge on any atom is -0.477 e. The van der Waals surface area contributed by atoms with Crippen LogP contribution in [0.3, 0.4) is 0 Å². The number of thiophene rings is 1. The lowest BCUT2D eigenvalue weighted by Crippen LogP contribution is -2.20. The number of carbonyl (C=O) groups is 2. The van der Waals surface area contributed by atoms with Crippen molar-refractivity contribution in [1.29, 1.82) is 0 Å². The van der Waals surface area contributed by atoms with Gasteiger partial charge in [-0.2, -0.15) is 0 Å². The van der Waals surface area contributed by atoms with E-state index in [2.05, 4.69) is 4.98 Å². The van der Waals surface area contributed by atoms with Crippen molar-refractivity contribution in [2.45, 2.75) is 26.9 Å². The molecule has 0 aliphatic carbocycles. The first kappa shape index (κ1) is 17.9. The van der Waals surface area contributed by atoms with Crippen molar-refractivity contribution in [3.8, 4) is 10.4 Å². The van der Waals surface area contributed by atoms with Crippen LogP contribution in [0.5, 0.6) is 0 Å². The van der Waals surface area contributed by atoms with E-state index in [0.717, 1.165) is 11.3 Å². The summed E-state index contributed by atoms with van der Waals surface area (Å²) in [7, 11) is 0. The van der Waals surface area contributed by atoms with Crippen LogP contribution in [0.1, 0.15) is 45.1 Å². The van der Waals surface area contributed by atoms with Crippen LogP contribution < -0.4 is 11.5 Å². The number of pyridine rings is 1. The standard InChI is InChI=1S/C16H19N3O4S/c1-7(2)5-9-13(15(18)21)12(8(6-20)14(17)19-9)10-3-4-11(24-10)16(22)23/h3-4,7,20H,5-6H2,1-2H3,(H2,17,19)(H2,18,21)(H,22,23). The Morgan fingerprint density at radius 1 is 1.33 bits per heavy atom. The number of nitrogens with two attached hydrogens (primary N) is 2. The molecule has 0 unspecified atom stereocenters. The van der Waals surface area contributed by atoms with Gasteiger partial charge < -0.3 is 21.7 Å². The van der Waals surface area contributed by atoms with Gasteiger partial charge in [0.25, 0.3) is 5.91 Å². The average molecular weight is 349 g/mol. The van der Waals surface area contributed by atoms with Crippen LogP contribution in [0, 0.1) is 5.92 Å². The van der Waals surface area contributed by atoms with Crippen molar-refractivity contribution in [3.05, 3.63) is 33.8 Å². The second-order valence-corrected chi connectivity index (χ2v) is 6.85. The number of nitrogens with zero attached hydrogens (tertiary/aromatic N) is 1. The predicted octanol–water partition coefficient (Wildman–Crippen LogP) is 1.88. The molecule has 0 spiro atoms. The third kappa shape index (κ3) is 3.39. The topological polar surface area (TPSA) is 140 Å². The average Bonchev–Trinajstić information content (AvgIpc) is 2.95. The van der Waals surface area contributed by atoms with E-state index in [4.69, 9.17) is 16.6 Å². The Bertz CT molecular complexity index is 799. The summed E-state index contributed by atoms with van der Waals surface area (Å²) in [4.78, 5) is 28.1. The molecule has 128 valence electrons. The molecule has 0 saturated heterocycles. The van der Waals surface area contributed by atoms with E-state index in [1.165, 1.54) is 6.07 Å². The summed E-state index contributed by atoms with van der Waals surface area (Å²) in [5, 5.41) is 18.8. The molecule has 0 aliphatic heterocycles. The van der Waals surface area contributed by atoms with Crippen LogP contribution in [0.25, 0.3) is 10.4 Å². The van der Waals surface area contributed by atoms with Gasteiger partial charge in [0, 0.05) is 16.0 Å². The number of rotatable bonds is 6. The zero-order chi connectivity index (χ0) is 18.0. The Labute approximate surface area is 142 Å². The van der Waals surface area contributed by atoms with Gasteiger partial charge in [-0.25, -0.2) is 9.78 Å². The van der Waals surface area contributed by atoms with Crippen molar-refractivity contribution < 1.29 is 19.8 Å². The van der Waals surface area contributed by atoms with Crippen LogP contribution in [0.2, 0.25) is 0 Å². The minimum atomic E-state index is -1.07. The molecule has 2 aromatic heterocycles. The van der Waals surface area contributed by atoms with Crippen molar-refractivity contribution in [2.75, 3.05) is 5.73 Å². The maximum atomic E-state index is 12.1. The van der Waals surface area contributed by atoms with Crippen molar-refractivity contribution in [3.63, 3.8) is 0 Å². The summed E-state index contributed by atoms with van der Waals surface area (Å²) >= 11 is 0.990. The molecule has 0 aromatic carbocycles. The lowest BCUT2D eigenvalue weighted by atomic mass is 9.94. The van der Waals surface area contributed by atoms with Crippen molar-refractivity contribution in [2.24, 2.45) is 11.7 Å². The van der Waals surface area contributed by atoms with E-state index in [-0.39, 0.29) is 27.7 Å². The first-order valence-electron chi connectivity index (χ1n) is 7.31. The highest BCUT2D eigenvalue weighted by Crippen LogP contribution is 2.37. The molecule has 2 rings (SSSR count). The monoisotopic (exact) mass is 349 g/mol. The molecule has 0 atom stereocenters. The second-order valence-electron chi connectivity index (χ2n) is 5.76. The number of aliphatic hydroxyl groups excluding tert-OH is 1. The molecule has 7 nitrogen and oxygen atoms in total. The fourth-order valence-electron chi connectivity index (χ4n) is 2.51. The number of aliphatic hydroxyl groups is 1. The lowest BCUT2D eigenvalue weighted by Gasteiger charge is -2.17. The summed E-state index contributed by atoms with van der Waals surface area (Å²) in [6.45, 7) is 3.50. The van der Waals surface area contributed by atoms with Crippen LogP contribution in [-0.4, -0.2) is 27.1 Å². The molecule has 1 amide bonds. The van der Waals surface area contributed by atoms with Crippen LogP contribution >= 0.6 is 11.3 Å². The van der Waals surface area contributed by atoms with E-state index in [1.54, 1.807) is 6.07 Å². The van der Waals surface area contributed by atoms with E-state index in [9.17, 15) is 14.7 Å². The maximum absolute atomic E-state index is 12.1. The van der Waals surface area contributed by atoms with E-state index < -0.39 is 18.5 Å². The highest BCUT2D eigenvalue weighted by atomic mass is 32.1. The fourth-order valence-corrected chi connectivity index (χ4v) is 3.43. The van der Waals surface area contributed by atoms with Crippen LogP contribution in [0.4, 0.5) is 5.82 Å². The zero-order valence-corrected chi connectivity index (χ0v) is 14.2. The smallest absolute Gasteiger partial charge is 0.345 e. The van der Waals surface area contributed by atoms with Gasteiger partial charge in [-0.15, -0.1) is 11.3 Å². The van der Waals surface area contributed by atoms with Gasteiger partial charge in [-0.1, -0.05) is 13.8 Å². The molecular weight excluding hydrogens is 330 g/mol. The Morgan fingerprint density at radius 3 is 2.46 bits per heavy atom. The molecule has 8 heteroatoms. The Kier molecular flexibility index (Phi) is 5.20. The molecule has 24 heavy (non-hydrogen) atoms. The van der Waals surface area contributed by atoms with E-state index >= 15 is 0 Å². The third-order valence-corrected chi connectivity index (χ3v) is 4.56.